The summed E-state index contributed by atoms with van der Waals surface area (Å²) >= 11 is 0. The van der Waals surface area contributed by atoms with Gasteiger partial charge in [-0.1, -0.05) is 97.1 Å². The van der Waals surface area contributed by atoms with E-state index in [2.05, 4.69) is 97.1 Å². The first-order chi connectivity index (χ1) is 11.9. The molecule has 0 heteroatoms. The summed E-state index contributed by atoms with van der Waals surface area (Å²) in [5.74, 6) is 0. The van der Waals surface area contributed by atoms with E-state index in [0.29, 0.717) is 0 Å². The van der Waals surface area contributed by atoms with Crippen LogP contribution in [0.25, 0.3) is 5.57 Å². The van der Waals surface area contributed by atoms with Crippen LogP contribution in [-0.2, 0) is 0 Å². The lowest BCUT2D eigenvalue weighted by Crippen LogP contribution is -1.99. The van der Waals surface area contributed by atoms with Crippen molar-refractivity contribution < 1.29 is 0 Å². The molecule has 24 heavy (non-hydrogen) atoms. The molecule has 4 rings (SSSR count). The zero-order chi connectivity index (χ0) is 16.2. The van der Waals surface area contributed by atoms with E-state index in [1.165, 1.54) is 33.4 Å². The van der Waals surface area contributed by atoms with Crippen molar-refractivity contribution >= 4 is 5.57 Å². The van der Waals surface area contributed by atoms with Crippen LogP contribution in [0.5, 0.6) is 0 Å². The largest absolute Gasteiger partial charge is 0.0801 e. The van der Waals surface area contributed by atoms with E-state index >= 15 is 0 Å². The minimum absolute atomic E-state index is 1.00. The highest BCUT2D eigenvalue weighted by Gasteiger charge is 2.19. The number of rotatable bonds is 4. The van der Waals surface area contributed by atoms with Crippen molar-refractivity contribution in [3.05, 3.63) is 125 Å². The molecule has 0 radical (unpaired) electrons. The number of hydrogen-bond acceptors (Lipinski definition) is 0. The Hall–Kier alpha value is -2.86. The van der Waals surface area contributed by atoms with Crippen molar-refractivity contribution in [2.45, 2.75) is 12.8 Å². The summed E-state index contributed by atoms with van der Waals surface area (Å²) in [6, 6.07) is 21.5. The average Bonchev–Trinajstić information content (AvgIpc) is 3.35. The lowest BCUT2D eigenvalue weighted by atomic mass is 9.85. The van der Waals surface area contributed by atoms with Gasteiger partial charge >= 0.3 is 0 Å². The minimum Gasteiger partial charge on any atom is -0.0801 e. The molecule has 0 bridgehead atoms. The SMILES string of the molecule is C1=CCC(C(C2=CCC=C2)=C(c2ccccc2)c2ccccc2)=C1. The van der Waals surface area contributed by atoms with Crippen LogP contribution < -0.4 is 0 Å². The Labute approximate surface area is 143 Å². The van der Waals surface area contributed by atoms with Crippen LogP contribution in [0, 0.1) is 0 Å². The molecular weight excluding hydrogens is 288 g/mol. The first-order valence-electron chi connectivity index (χ1n) is 8.52. The Balaban J connectivity index is 2.00. The van der Waals surface area contributed by atoms with Gasteiger partial charge in [-0.25, -0.2) is 0 Å². The summed E-state index contributed by atoms with van der Waals surface area (Å²) in [5.41, 5.74) is 7.97. The molecule has 0 amide bonds. The molecule has 0 aromatic heterocycles. The quantitative estimate of drug-likeness (QED) is 0.625. The molecule has 0 nitrogen and oxygen atoms in total. The van der Waals surface area contributed by atoms with E-state index < -0.39 is 0 Å². The summed E-state index contributed by atoms with van der Waals surface area (Å²) in [4.78, 5) is 0. The minimum atomic E-state index is 1.00. The van der Waals surface area contributed by atoms with Crippen LogP contribution in [0.1, 0.15) is 24.0 Å². The molecule has 2 aliphatic rings. The maximum atomic E-state index is 2.33. The summed E-state index contributed by atoms with van der Waals surface area (Å²) < 4.78 is 0. The molecule has 0 N–H and O–H groups in total. The fourth-order valence-corrected chi connectivity index (χ4v) is 3.43. The fourth-order valence-electron chi connectivity index (χ4n) is 3.43. The molecule has 2 aromatic carbocycles. The van der Waals surface area contributed by atoms with Gasteiger partial charge in [-0.15, -0.1) is 0 Å². The second kappa shape index (κ2) is 6.72. The first-order valence-corrected chi connectivity index (χ1v) is 8.52. The lowest BCUT2D eigenvalue weighted by Gasteiger charge is -2.18. The maximum Gasteiger partial charge on any atom is -0.00301 e. The Morgan fingerprint density at radius 2 is 1.38 bits per heavy atom. The Kier molecular flexibility index (Phi) is 4.12. The maximum absolute atomic E-state index is 2.33. The molecule has 0 saturated heterocycles. The Bertz CT molecular complexity index is 831. The van der Waals surface area contributed by atoms with Crippen molar-refractivity contribution in [1.82, 2.24) is 0 Å². The third kappa shape index (κ3) is 2.83. The molecule has 116 valence electrons. The summed E-state index contributed by atoms with van der Waals surface area (Å²) in [6.07, 6.45) is 15.5. The standard InChI is InChI=1S/C24H20/c1-3-11-19(12-4-1)23(20-13-5-2-6-14-20)24(21-15-7-8-16-21)22-17-9-10-18-22/h1-9,11-15,17-18H,10,16H2. The van der Waals surface area contributed by atoms with Crippen molar-refractivity contribution in [3.63, 3.8) is 0 Å². The predicted molar refractivity (Wildman–Crippen MR) is 103 cm³/mol. The lowest BCUT2D eigenvalue weighted by molar-refractivity contribution is 1.26. The summed E-state index contributed by atoms with van der Waals surface area (Å²) in [7, 11) is 0. The molecule has 0 unspecified atom stereocenters. The predicted octanol–water partition coefficient (Wildman–Crippen LogP) is 6.26. The first kappa shape index (κ1) is 14.7. The molecule has 2 aromatic rings. The zero-order valence-electron chi connectivity index (χ0n) is 13.7. The Morgan fingerprint density at radius 3 is 1.88 bits per heavy atom. The number of benzene rings is 2. The fraction of sp³-hybridized carbons (Fsp3) is 0.0833. The molecule has 0 spiro atoms. The number of allylic oxidation sites excluding steroid dienone is 9. The third-order valence-electron chi connectivity index (χ3n) is 4.53. The molecular formula is C24H20. The van der Waals surface area contributed by atoms with Gasteiger partial charge in [0.2, 0.25) is 0 Å². The van der Waals surface area contributed by atoms with Gasteiger partial charge in [-0.2, -0.15) is 0 Å². The van der Waals surface area contributed by atoms with Gasteiger partial charge in [0, 0.05) is 0 Å². The van der Waals surface area contributed by atoms with Gasteiger partial charge in [0.05, 0.1) is 0 Å². The van der Waals surface area contributed by atoms with Gasteiger partial charge in [0.25, 0.3) is 0 Å². The topological polar surface area (TPSA) is 0 Å². The molecule has 0 saturated carbocycles. The smallest absolute Gasteiger partial charge is 0.00301 e. The van der Waals surface area contributed by atoms with Gasteiger partial charge in [-0.05, 0) is 46.3 Å². The Morgan fingerprint density at radius 1 is 0.708 bits per heavy atom. The molecule has 0 fully saturated rings. The van der Waals surface area contributed by atoms with Crippen molar-refractivity contribution in [2.24, 2.45) is 0 Å². The highest BCUT2D eigenvalue weighted by atomic mass is 14.2. The van der Waals surface area contributed by atoms with E-state index in [1.54, 1.807) is 0 Å². The third-order valence-corrected chi connectivity index (χ3v) is 4.53. The number of hydrogen-bond donors (Lipinski definition) is 0. The normalized spacial score (nSPS) is 15.3. The van der Waals surface area contributed by atoms with Crippen LogP contribution in [-0.4, -0.2) is 0 Å². The van der Waals surface area contributed by atoms with Crippen LogP contribution in [0.3, 0.4) is 0 Å². The molecule has 0 aliphatic heterocycles. The van der Waals surface area contributed by atoms with Gasteiger partial charge in [0.1, 0.15) is 0 Å². The van der Waals surface area contributed by atoms with E-state index in [9.17, 15) is 0 Å². The second-order valence-electron chi connectivity index (χ2n) is 6.10. The van der Waals surface area contributed by atoms with E-state index in [0.717, 1.165) is 12.8 Å². The second-order valence-corrected chi connectivity index (χ2v) is 6.10. The van der Waals surface area contributed by atoms with Crippen molar-refractivity contribution in [3.8, 4) is 0 Å². The van der Waals surface area contributed by atoms with Crippen LogP contribution in [0.15, 0.2) is 114 Å². The van der Waals surface area contributed by atoms with Gasteiger partial charge < -0.3 is 0 Å². The highest BCUT2D eigenvalue weighted by molar-refractivity contribution is 5.88. The summed E-state index contributed by atoms with van der Waals surface area (Å²) in [5, 5.41) is 0. The molecule has 2 aliphatic carbocycles. The molecule has 0 heterocycles. The highest BCUT2D eigenvalue weighted by Crippen LogP contribution is 2.38. The summed E-state index contributed by atoms with van der Waals surface area (Å²) in [6.45, 7) is 0. The average molecular weight is 308 g/mol. The van der Waals surface area contributed by atoms with Crippen LogP contribution in [0.4, 0.5) is 0 Å². The van der Waals surface area contributed by atoms with E-state index in [4.69, 9.17) is 0 Å². The van der Waals surface area contributed by atoms with Gasteiger partial charge in [0.15, 0.2) is 0 Å². The zero-order valence-corrected chi connectivity index (χ0v) is 13.7. The van der Waals surface area contributed by atoms with Crippen LogP contribution >= 0.6 is 0 Å². The monoisotopic (exact) mass is 308 g/mol. The van der Waals surface area contributed by atoms with Crippen molar-refractivity contribution in [2.75, 3.05) is 0 Å². The van der Waals surface area contributed by atoms with E-state index in [-0.39, 0.29) is 0 Å². The van der Waals surface area contributed by atoms with Crippen LogP contribution in [0.2, 0.25) is 0 Å². The van der Waals surface area contributed by atoms with Crippen molar-refractivity contribution in [1.29, 1.82) is 0 Å². The molecule has 0 atom stereocenters. The van der Waals surface area contributed by atoms with Gasteiger partial charge in [-0.3, -0.25) is 0 Å². The van der Waals surface area contributed by atoms with E-state index in [1.807, 2.05) is 0 Å².